The summed E-state index contributed by atoms with van der Waals surface area (Å²) < 4.78 is 5.41. The van der Waals surface area contributed by atoms with E-state index in [-0.39, 0.29) is 30.1 Å². The summed E-state index contributed by atoms with van der Waals surface area (Å²) in [7, 11) is 0. The molecule has 2 N–H and O–H groups in total. The summed E-state index contributed by atoms with van der Waals surface area (Å²) in [5, 5.41) is 5.49. The Hall–Kier alpha value is -3.15. The number of nitrogens with one attached hydrogen (secondary N) is 2. The fourth-order valence-corrected chi connectivity index (χ4v) is 2.09. The molecule has 0 spiro atoms. The Morgan fingerprint density at radius 1 is 0.962 bits per heavy atom. The van der Waals surface area contributed by atoms with Crippen LogP contribution in [0.4, 0.5) is 11.4 Å². The average molecular weight is 354 g/mol. The largest absolute Gasteiger partial charge is 0.484 e. The number of hydrogen-bond acceptors (Lipinski definition) is 4. The third-order valence-corrected chi connectivity index (χ3v) is 3.57. The molecule has 6 heteroatoms. The highest BCUT2D eigenvalue weighted by Gasteiger charge is 2.09. The van der Waals surface area contributed by atoms with Gasteiger partial charge in [-0.3, -0.25) is 14.4 Å². The Morgan fingerprint density at radius 2 is 1.58 bits per heavy atom. The second-order valence-electron chi connectivity index (χ2n) is 6.14. The van der Waals surface area contributed by atoms with Crippen LogP contribution in [0.2, 0.25) is 0 Å². The minimum atomic E-state index is -0.326. The van der Waals surface area contributed by atoms with E-state index in [1.54, 1.807) is 62.4 Å². The Balaban J connectivity index is 1.89. The second kappa shape index (κ2) is 8.80. The fraction of sp³-hybridized carbons (Fsp3) is 0.250. The molecule has 0 atom stereocenters. The van der Waals surface area contributed by atoms with Gasteiger partial charge in [-0.1, -0.05) is 19.9 Å². The van der Waals surface area contributed by atoms with Crippen molar-refractivity contribution in [2.24, 2.45) is 5.92 Å². The van der Waals surface area contributed by atoms with Gasteiger partial charge in [0.05, 0.1) is 0 Å². The van der Waals surface area contributed by atoms with Crippen molar-refractivity contribution in [1.29, 1.82) is 0 Å². The van der Waals surface area contributed by atoms with Crippen LogP contribution >= 0.6 is 0 Å². The zero-order chi connectivity index (χ0) is 19.1. The molecule has 0 aliphatic heterocycles. The van der Waals surface area contributed by atoms with E-state index in [1.165, 1.54) is 6.92 Å². The molecule has 2 amide bonds. The molecule has 136 valence electrons. The molecule has 0 aliphatic rings. The molecule has 0 heterocycles. The molecule has 0 radical (unpaired) electrons. The van der Waals surface area contributed by atoms with E-state index in [0.717, 1.165) is 0 Å². The SMILES string of the molecule is CC(=O)c1ccc(OCC(=O)Nc2cccc(NC(=O)C(C)C)c2)cc1. The predicted octanol–water partition coefficient (Wildman–Crippen LogP) is 3.50. The molecule has 0 aromatic heterocycles. The van der Waals surface area contributed by atoms with Crippen LogP contribution in [0.15, 0.2) is 48.5 Å². The van der Waals surface area contributed by atoms with Crippen LogP contribution in [0.3, 0.4) is 0 Å². The first-order valence-corrected chi connectivity index (χ1v) is 8.29. The molecule has 0 bridgehead atoms. The maximum Gasteiger partial charge on any atom is 0.262 e. The van der Waals surface area contributed by atoms with Crippen LogP contribution in [0.5, 0.6) is 5.75 Å². The minimum absolute atomic E-state index is 0.0290. The van der Waals surface area contributed by atoms with E-state index in [4.69, 9.17) is 4.74 Å². The van der Waals surface area contributed by atoms with Crippen molar-refractivity contribution in [3.63, 3.8) is 0 Å². The lowest BCUT2D eigenvalue weighted by Gasteiger charge is -2.11. The zero-order valence-electron chi connectivity index (χ0n) is 15.0. The van der Waals surface area contributed by atoms with Crippen molar-refractivity contribution in [2.75, 3.05) is 17.2 Å². The molecule has 26 heavy (non-hydrogen) atoms. The maximum absolute atomic E-state index is 12.0. The van der Waals surface area contributed by atoms with Gasteiger partial charge in [0.2, 0.25) is 5.91 Å². The number of Topliss-reactive ketones (excluding diaryl/α,β-unsaturated/α-hetero) is 1. The molecule has 0 saturated heterocycles. The van der Waals surface area contributed by atoms with Gasteiger partial charge < -0.3 is 15.4 Å². The van der Waals surface area contributed by atoms with Gasteiger partial charge in [0.15, 0.2) is 12.4 Å². The second-order valence-corrected chi connectivity index (χ2v) is 6.14. The molecular weight excluding hydrogens is 332 g/mol. The first-order chi connectivity index (χ1) is 12.3. The molecule has 2 aromatic rings. The first kappa shape index (κ1) is 19.2. The van der Waals surface area contributed by atoms with Crippen LogP contribution < -0.4 is 15.4 Å². The van der Waals surface area contributed by atoms with E-state index in [9.17, 15) is 14.4 Å². The summed E-state index contributed by atoms with van der Waals surface area (Å²) in [6, 6.07) is 13.5. The summed E-state index contributed by atoms with van der Waals surface area (Å²) in [5.41, 5.74) is 1.76. The summed E-state index contributed by atoms with van der Waals surface area (Å²) in [6.45, 7) is 4.94. The monoisotopic (exact) mass is 354 g/mol. The Kier molecular flexibility index (Phi) is 6.49. The number of ketones is 1. The first-order valence-electron chi connectivity index (χ1n) is 8.29. The van der Waals surface area contributed by atoms with Gasteiger partial charge in [-0.15, -0.1) is 0 Å². The Labute approximate surface area is 152 Å². The van der Waals surface area contributed by atoms with E-state index in [1.807, 2.05) is 0 Å². The summed E-state index contributed by atoms with van der Waals surface area (Å²) in [4.78, 5) is 35.0. The number of carbonyl (C=O) groups excluding carboxylic acids is 3. The molecule has 0 saturated carbocycles. The maximum atomic E-state index is 12.0. The summed E-state index contributed by atoms with van der Waals surface area (Å²) in [5.74, 6) is -0.0725. The van der Waals surface area contributed by atoms with E-state index < -0.39 is 0 Å². The number of rotatable bonds is 7. The number of carbonyl (C=O) groups is 3. The van der Waals surface area contributed by atoms with Crippen molar-refractivity contribution in [3.05, 3.63) is 54.1 Å². The van der Waals surface area contributed by atoms with Crippen molar-refractivity contribution < 1.29 is 19.1 Å². The topological polar surface area (TPSA) is 84.5 Å². The van der Waals surface area contributed by atoms with Gasteiger partial charge in [0, 0.05) is 22.9 Å². The van der Waals surface area contributed by atoms with Crippen LogP contribution in [0, 0.1) is 5.92 Å². The molecular formula is C20H22N2O4. The lowest BCUT2D eigenvalue weighted by atomic mass is 10.1. The van der Waals surface area contributed by atoms with Gasteiger partial charge in [0.1, 0.15) is 5.75 Å². The van der Waals surface area contributed by atoms with Crippen molar-refractivity contribution in [2.45, 2.75) is 20.8 Å². The van der Waals surface area contributed by atoms with Gasteiger partial charge >= 0.3 is 0 Å². The number of amides is 2. The van der Waals surface area contributed by atoms with Crippen LogP contribution in [-0.4, -0.2) is 24.2 Å². The number of hydrogen-bond donors (Lipinski definition) is 2. The third kappa shape index (κ3) is 5.73. The molecule has 6 nitrogen and oxygen atoms in total. The highest BCUT2D eigenvalue weighted by atomic mass is 16.5. The number of anilines is 2. The molecule has 0 fully saturated rings. The van der Waals surface area contributed by atoms with Crippen LogP contribution in [0.25, 0.3) is 0 Å². The number of ether oxygens (including phenoxy) is 1. The summed E-state index contributed by atoms with van der Waals surface area (Å²) in [6.07, 6.45) is 0. The molecule has 0 aliphatic carbocycles. The van der Waals surface area contributed by atoms with Gasteiger partial charge in [-0.25, -0.2) is 0 Å². The van der Waals surface area contributed by atoms with Gasteiger partial charge in [-0.05, 0) is 49.4 Å². The molecule has 2 rings (SSSR count). The third-order valence-electron chi connectivity index (χ3n) is 3.57. The van der Waals surface area contributed by atoms with Crippen molar-refractivity contribution >= 4 is 29.0 Å². The van der Waals surface area contributed by atoms with E-state index in [2.05, 4.69) is 10.6 Å². The lowest BCUT2D eigenvalue weighted by molar-refractivity contribution is -0.119. The molecule has 2 aromatic carbocycles. The quantitative estimate of drug-likeness (QED) is 0.745. The lowest BCUT2D eigenvalue weighted by Crippen LogP contribution is -2.21. The Morgan fingerprint density at radius 3 is 2.15 bits per heavy atom. The van der Waals surface area contributed by atoms with Crippen molar-refractivity contribution in [3.8, 4) is 5.75 Å². The van der Waals surface area contributed by atoms with Gasteiger partial charge in [-0.2, -0.15) is 0 Å². The average Bonchev–Trinajstić information content (AvgIpc) is 2.60. The highest BCUT2D eigenvalue weighted by Crippen LogP contribution is 2.16. The normalized spacial score (nSPS) is 10.3. The highest BCUT2D eigenvalue weighted by molar-refractivity contribution is 5.95. The predicted molar refractivity (Wildman–Crippen MR) is 100 cm³/mol. The van der Waals surface area contributed by atoms with Crippen LogP contribution in [0.1, 0.15) is 31.1 Å². The molecule has 0 unspecified atom stereocenters. The standard InChI is InChI=1S/C20H22N2O4/c1-13(2)20(25)22-17-6-4-5-16(11-17)21-19(24)12-26-18-9-7-15(8-10-18)14(3)23/h4-11,13H,12H2,1-3H3,(H,21,24)(H,22,25). The van der Waals surface area contributed by atoms with Crippen LogP contribution in [-0.2, 0) is 9.59 Å². The zero-order valence-corrected chi connectivity index (χ0v) is 15.0. The Bertz CT molecular complexity index is 798. The van der Waals surface area contributed by atoms with Gasteiger partial charge in [0.25, 0.3) is 5.91 Å². The minimum Gasteiger partial charge on any atom is -0.484 e. The fourth-order valence-electron chi connectivity index (χ4n) is 2.09. The van der Waals surface area contributed by atoms with E-state index >= 15 is 0 Å². The number of benzene rings is 2. The van der Waals surface area contributed by atoms with Crippen molar-refractivity contribution in [1.82, 2.24) is 0 Å². The summed E-state index contributed by atoms with van der Waals surface area (Å²) >= 11 is 0. The van der Waals surface area contributed by atoms with E-state index in [0.29, 0.717) is 22.7 Å². The smallest absolute Gasteiger partial charge is 0.262 e.